The molecule has 0 fully saturated rings. The zero-order chi connectivity index (χ0) is 7.11. The number of hydrogen-bond donors (Lipinski definition) is 2. The lowest BCUT2D eigenvalue weighted by Crippen LogP contribution is -2.15. The van der Waals surface area contributed by atoms with E-state index in [1.54, 1.807) is 0 Å². The van der Waals surface area contributed by atoms with E-state index < -0.39 is 9.04 Å². The van der Waals surface area contributed by atoms with Crippen molar-refractivity contribution in [2.75, 3.05) is 13.7 Å². The summed E-state index contributed by atoms with van der Waals surface area (Å²) in [7, 11) is 1.03. The van der Waals surface area contributed by atoms with E-state index in [4.69, 9.17) is 10.2 Å². The summed E-state index contributed by atoms with van der Waals surface area (Å²) in [5, 5.41) is 0. The molecule has 3 nitrogen and oxygen atoms in total. The Morgan fingerprint density at radius 3 is 2.40 bits per heavy atom. The normalized spacial score (nSPS) is 12.3. The highest BCUT2D eigenvalue weighted by Crippen LogP contribution is 2.01. The van der Waals surface area contributed by atoms with Crippen molar-refractivity contribution in [2.24, 2.45) is 5.73 Å². The van der Waals surface area contributed by atoms with E-state index in [0.29, 0.717) is 0 Å². The first kappa shape index (κ1) is 12.7. The molecule has 4 heteroatoms. The summed E-state index contributed by atoms with van der Waals surface area (Å²) in [5.41, 5.74) is 5.35. The molecule has 0 saturated heterocycles. The van der Waals surface area contributed by atoms with E-state index in [-0.39, 0.29) is 6.15 Å². The third-order valence-corrected chi connectivity index (χ3v) is 4.15. The Hall–Kier alpha value is 0.0969. The molecule has 0 saturated carbocycles. The van der Waals surface area contributed by atoms with Crippen LogP contribution in [0.4, 0.5) is 0 Å². The molecule has 0 aromatic carbocycles. The van der Waals surface area contributed by atoms with Crippen LogP contribution in [0.2, 0.25) is 12.1 Å². The molecule has 0 radical (unpaired) electrons. The van der Waals surface area contributed by atoms with Gasteiger partial charge in [0.1, 0.15) is 0 Å². The molecule has 5 N–H and O–H groups in total. The van der Waals surface area contributed by atoms with Crippen LogP contribution in [0, 0.1) is 0 Å². The van der Waals surface area contributed by atoms with E-state index >= 15 is 0 Å². The van der Waals surface area contributed by atoms with Gasteiger partial charge in [0.2, 0.25) is 0 Å². The van der Waals surface area contributed by atoms with Gasteiger partial charge in [-0.05, 0) is 25.1 Å². The summed E-state index contributed by atoms with van der Waals surface area (Å²) in [4.78, 5) is 0. The molecule has 0 aliphatic carbocycles. The van der Waals surface area contributed by atoms with Crippen molar-refractivity contribution in [3.8, 4) is 0 Å². The first-order valence-corrected chi connectivity index (χ1v) is 5.68. The van der Waals surface area contributed by atoms with Crippen molar-refractivity contribution in [1.82, 2.24) is 6.15 Å². The van der Waals surface area contributed by atoms with Crippen LogP contribution in [0.5, 0.6) is 0 Å². The lowest BCUT2D eigenvalue weighted by molar-refractivity contribution is 0.417. The van der Waals surface area contributed by atoms with E-state index in [1.165, 1.54) is 12.1 Å². The SMILES string of the molecule is CC[SiH](CCCN)OC.N. The van der Waals surface area contributed by atoms with Gasteiger partial charge in [-0.1, -0.05) is 6.92 Å². The molecule has 0 aromatic heterocycles. The molecule has 0 aliphatic heterocycles. The second-order valence-corrected chi connectivity index (χ2v) is 5.31. The molecule has 1 unspecified atom stereocenters. The Balaban J connectivity index is 0. The average Bonchev–Trinajstić information content (AvgIpc) is 1.91. The predicted octanol–water partition coefficient (Wildman–Crippen LogP) is 0.887. The highest BCUT2D eigenvalue weighted by molar-refractivity contribution is 6.51. The summed E-state index contributed by atoms with van der Waals surface area (Å²) >= 11 is 0. The average molecular weight is 164 g/mol. The quantitative estimate of drug-likeness (QED) is 0.593. The fourth-order valence-corrected chi connectivity index (χ4v) is 2.50. The molecular formula is C6H20N2OSi. The Kier molecular flexibility index (Phi) is 11.6. The van der Waals surface area contributed by atoms with Gasteiger partial charge in [0.05, 0.1) is 0 Å². The van der Waals surface area contributed by atoms with Crippen LogP contribution < -0.4 is 11.9 Å². The molecule has 64 valence electrons. The van der Waals surface area contributed by atoms with Crippen LogP contribution in [-0.4, -0.2) is 22.7 Å². The lowest BCUT2D eigenvalue weighted by Gasteiger charge is -2.08. The monoisotopic (exact) mass is 164 g/mol. The molecule has 10 heavy (non-hydrogen) atoms. The first-order valence-electron chi connectivity index (χ1n) is 3.58. The molecule has 0 spiro atoms. The van der Waals surface area contributed by atoms with Crippen LogP contribution in [0.25, 0.3) is 0 Å². The third-order valence-electron chi connectivity index (χ3n) is 1.52. The lowest BCUT2D eigenvalue weighted by atomic mass is 10.5. The summed E-state index contributed by atoms with van der Waals surface area (Å²) in [6, 6.07) is 2.47. The van der Waals surface area contributed by atoms with Crippen molar-refractivity contribution in [3.63, 3.8) is 0 Å². The van der Waals surface area contributed by atoms with Gasteiger partial charge >= 0.3 is 0 Å². The Bertz CT molecular complexity index is 59.7. The van der Waals surface area contributed by atoms with E-state index in [2.05, 4.69) is 6.92 Å². The molecular weight excluding hydrogens is 144 g/mol. The van der Waals surface area contributed by atoms with Gasteiger partial charge in [0.25, 0.3) is 0 Å². The van der Waals surface area contributed by atoms with Gasteiger partial charge in [-0.3, -0.25) is 0 Å². The highest BCUT2D eigenvalue weighted by atomic mass is 28.3. The van der Waals surface area contributed by atoms with Gasteiger partial charge < -0.3 is 16.3 Å². The largest absolute Gasteiger partial charge is 0.423 e. The Morgan fingerprint density at radius 2 is 2.10 bits per heavy atom. The minimum absolute atomic E-state index is 0. The van der Waals surface area contributed by atoms with Gasteiger partial charge in [0, 0.05) is 7.11 Å². The predicted molar refractivity (Wildman–Crippen MR) is 48.1 cm³/mol. The smallest absolute Gasteiger partial charge is 0.176 e. The second kappa shape index (κ2) is 9.10. The Morgan fingerprint density at radius 1 is 1.50 bits per heavy atom. The maximum atomic E-state index is 5.35. The van der Waals surface area contributed by atoms with E-state index in [9.17, 15) is 0 Å². The first-order chi connectivity index (χ1) is 4.35. The van der Waals surface area contributed by atoms with Crippen LogP contribution in [-0.2, 0) is 4.43 Å². The topological polar surface area (TPSA) is 70.2 Å². The third kappa shape index (κ3) is 6.22. The molecule has 0 rings (SSSR count). The summed E-state index contributed by atoms with van der Waals surface area (Å²) in [6.45, 7) is 3.00. The summed E-state index contributed by atoms with van der Waals surface area (Å²) < 4.78 is 5.28. The minimum Gasteiger partial charge on any atom is -0.423 e. The molecule has 1 atom stereocenters. The van der Waals surface area contributed by atoms with Crippen LogP contribution in [0.15, 0.2) is 0 Å². The molecule has 0 amide bonds. The van der Waals surface area contributed by atoms with Crippen LogP contribution in [0.3, 0.4) is 0 Å². The van der Waals surface area contributed by atoms with Gasteiger partial charge in [-0.15, -0.1) is 0 Å². The minimum atomic E-state index is -0.790. The molecule has 0 aromatic rings. The highest BCUT2D eigenvalue weighted by Gasteiger charge is 2.04. The second-order valence-electron chi connectivity index (χ2n) is 2.20. The number of hydrogen-bond acceptors (Lipinski definition) is 3. The summed E-state index contributed by atoms with van der Waals surface area (Å²) in [6.07, 6.45) is 1.14. The van der Waals surface area contributed by atoms with Crippen molar-refractivity contribution in [1.29, 1.82) is 0 Å². The fraction of sp³-hybridized carbons (Fsp3) is 1.00. The fourth-order valence-electron chi connectivity index (χ4n) is 0.834. The van der Waals surface area contributed by atoms with E-state index in [1.807, 2.05) is 7.11 Å². The standard InChI is InChI=1S/C6H17NOSi.H3N/c1-3-9(8-2)6-4-5-7;/h9H,3-7H2,1-2H3;1H3. The zero-order valence-corrected chi connectivity index (χ0v) is 8.25. The molecule has 0 aliphatic rings. The zero-order valence-electron chi connectivity index (χ0n) is 7.10. The summed E-state index contributed by atoms with van der Waals surface area (Å²) in [5.74, 6) is 0. The Labute approximate surface area is 65.3 Å². The van der Waals surface area contributed by atoms with Gasteiger partial charge in [0.15, 0.2) is 9.04 Å². The maximum Gasteiger partial charge on any atom is 0.176 e. The van der Waals surface area contributed by atoms with Crippen LogP contribution >= 0.6 is 0 Å². The van der Waals surface area contributed by atoms with Crippen molar-refractivity contribution >= 4 is 9.04 Å². The van der Waals surface area contributed by atoms with Crippen LogP contribution in [0.1, 0.15) is 13.3 Å². The molecule has 0 heterocycles. The molecule has 0 bridgehead atoms. The van der Waals surface area contributed by atoms with Crippen molar-refractivity contribution in [3.05, 3.63) is 0 Å². The maximum absolute atomic E-state index is 5.35. The van der Waals surface area contributed by atoms with Crippen molar-refractivity contribution < 1.29 is 4.43 Å². The van der Waals surface area contributed by atoms with E-state index in [0.717, 1.165) is 13.0 Å². The van der Waals surface area contributed by atoms with Crippen molar-refractivity contribution in [2.45, 2.75) is 25.4 Å². The number of nitrogens with two attached hydrogens (primary N) is 1. The number of rotatable bonds is 5. The van der Waals surface area contributed by atoms with Gasteiger partial charge in [-0.25, -0.2) is 0 Å². The van der Waals surface area contributed by atoms with Gasteiger partial charge in [-0.2, -0.15) is 0 Å².